The molecule has 8 atom stereocenters. The Bertz CT molecular complexity index is 887. The quantitative estimate of drug-likeness (QED) is 0.762. The van der Waals surface area contributed by atoms with Gasteiger partial charge in [-0.25, -0.2) is 0 Å². The molecule has 5 heteroatoms. The van der Waals surface area contributed by atoms with Gasteiger partial charge in [0.25, 0.3) is 0 Å². The van der Waals surface area contributed by atoms with Crippen molar-refractivity contribution >= 4 is 5.78 Å². The van der Waals surface area contributed by atoms with Gasteiger partial charge in [0.05, 0.1) is 12.6 Å². The zero-order chi connectivity index (χ0) is 21.8. The summed E-state index contributed by atoms with van der Waals surface area (Å²) in [7, 11) is 0. The van der Waals surface area contributed by atoms with Crippen LogP contribution in [0.2, 0.25) is 0 Å². The van der Waals surface area contributed by atoms with Crippen LogP contribution >= 0.6 is 0 Å². The Morgan fingerprint density at radius 2 is 1.94 bits per heavy atom. The molecule has 168 valence electrons. The van der Waals surface area contributed by atoms with Crippen LogP contribution in [-0.2, 0) is 11.3 Å². The van der Waals surface area contributed by atoms with Crippen molar-refractivity contribution in [1.29, 1.82) is 5.26 Å². The highest BCUT2D eigenvalue weighted by Gasteiger charge is 2.59. The van der Waals surface area contributed by atoms with E-state index < -0.39 is 0 Å². The molecule has 5 nitrogen and oxygen atoms in total. The number of aromatic nitrogens is 2. The second-order valence-electron chi connectivity index (χ2n) is 11.6. The molecule has 0 radical (unpaired) electrons. The number of carbonyl (C=O) groups excluding carboxylic acids is 1. The summed E-state index contributed by atoms with van der Waals surface area (Å²) in [5, 5.41) is 23.5. The Balaban J connectivity index is 1.36. The minimum Gasteiger partial charge on any atom is -0.393 e. The standard InChI is InChI=1S/C26H37N3O2/c1-25-11-8-19(30)14-17(25)6-7-20-21-4-3-5-23(26(21,2)12-9-22(20)25)24(31)16-29-13-10-18(15-27)28-29/h10,13,17,19-23,30H,3-9,11-12,14,16H2,1-2H3/t17?,19-,20+,21+,22+,23-,25+,26+/m1/s1. The van der Waals surface area contributed by atoms with Crippen LogP contribution in [0.25, 0.3) is 0 Å². The van der Waals surface area contributed by atoms with Gasteiger partial charge in [-0.3, -0.25) is 9.48 Å². The van der Waals surface area contributed by atoms with Crippen molar-refractivity contribution in [3.63, 3.8) is 0 Å². The number of fused-ring (bicyclic) bond motifs is 5. The van der Waals surface area contributed by atoms with Crippen LogP contribution in [0.3, 0.4) is 0 Å². The normalized spacial score (nSPS) is 44.5. The molecule has 1 aromatic heterocycles. The number of Topliss-reactive ketones (excluding diaryl/α,β-unsaturated/α-hetero) is 1. The Morgan fingerprint density at radius 3 is 2.71 bits per heavy atom. The van der Waals surface area contributed by atoms with Crippen molar-refractivity contribution in [2.75, 3.05) is 0 Å². The Hall–Kier alpha value is -1.67. The molecule has 1 unspecified atom stereocenters. The fourth-order valence-corrected chi connectivity index (χ4v) is 8.74. The molecule has 0 aliphatic heterocycles. The number of nitrogens with zero attached hydrogens (tertiary/aromatic N) is 3. The van der Waals surface area contributed by atoms with Crippen LogP contribution in [0.15, 0.2) is 12.3 Å². The van der Waals surface area contributed by atoms with Gasteiger partial charge in [-0.1, -0.05) is 20.3 Å². The van der Waals surface area contributed by atoms with E-state index >= 15 is 0 Å². The third-order valence-corrected chi connectivity index (χ3v) is 10.3. The van der Waals surface area contributed by atoms with Crippen molar-refractivity contribution in [2.24, 2.45) is 40.4 Å². The van der Waals surface area contributed by atoms with Crippen LogP contribution in [0, 0.1) is 51.8 Å². The minimum absolute atomic E-state index is 0.0935. The number of hydrogen-bond acceptors (Lipinski definition) is 4. The van der Waals surface area contributed by atoms with Gasteiger partial charge in [0.2, 0.25) is 0 Å². The fraction of sp³-hybridized carbons (Fsp3) is 0.808. The molecule has 4 aliphatic rings. The maximum absolute atomic E-state index is 13.4. The SMILES string of the molecule is C[C@]12CC[C@H]3[C@@H](CCC4C[C@H](O)CC[C@@]43C)[C@@H]1CCC[C@@H]2C(=O)Cn1ccc(C#N)n1. The maximum Gasteiger partial charge on any atom is 0.162 e. The molecule has 0 spiro atoms. The zero-order valence-corrected chi connectivity index (χ0v) is 19.1. The summed E-state index contributed by atoms with van der Waals surface area (Å²) < 4.78 is 1.65. The Morgan fingerprint density at radius 1 is 1.16 bits per heavy atom. The predicted molar refractivity (Wildman–Crippen MR) is 118 cm³/mol. The van der Waals surface area contributed by atoms with Crippen molar-refractivity contribution in [3.05, 3.63) is 18.0 Å². The number of hydrogen-bond donors (Lipinski definition) is 1. The molecule has 31 heavy (non-hydrogen) atoms. The average Bonchev–Trinajstić information content (AvgIpc) is 3.20. The summed E-state index contributed by atoms with van der Waals surface area (Å²) in [6.45, 7) is 5.23. The van der Waals surface area contributed by atoms with Gasteiger partial charge in [0.15, 0.2) is 11.5 Å². The number of aliphatic hydroxyl groups is 1. The fourth-order valence-electron chi connectivity index (χ4n) is 8.74. The highest BCUT2D eigenvalue weighted by Crippen LogP contribution is 2.66. The average molecular weight is 424 g/mol. The minimum atomic E-state index is -0.0935. The first-order valence-corrected chi connectivity index (χ1v) is 12.5. The topological polar surface area (TPSA) is 78.9 Å². The molecule has 0 bridgehead atoms. The van der Waals surface area contributed by atoms with E-state index in [1.807, 2.05) is 0 Å². The maximum atomic E-state index is 13.4. The first-order valence-electron chi connectivity index (χ1n) is 12.5. The molecular formula is C26H37N3O2. The third kappa shape index (κ3) is 3.37. The predicted octanol–water partition coefficient (Wildman–Crippen LogP) is 4.73. The highest BCUT2D eigenvalue weighted by atomic mass is 16.3. The van der Waals surface area contributed by atoms with Gasteiger partial charge < -0.3 is 5.11 Å². The number of aliphatic hydroxyl groups excluding tert-OH is 1. The summed E-state index contributed by atoms with van der Waals surface area (Å²) in [6, 6.07) is 3.74. The molecule has 4 saturated carbocycles. The number of nitriles is 1. The molecule has 1 heterocycles. The van der Waals surface area contributed by atoms with Crippen molar-refractivity contribution in [1.82, 2.24) is 9.78 Å². The van der Waals surface area contributed by atoms with E-state index in [1.54, 1.807) is 16.9 Å². The first-order chi connectivity index (χ1) is 14.8. The second kappa shape index (κ2) is 7.73. The van der Waals surface area contributed by atoms with Gasteiger partial charge >= 0.3 is 0 Å². The van der Waals surface area contributed by atoms with Gasteiger partial charge in [-0.05, 0) is 98.4 Å². The van der Waals surface area contributed by atoms with E-state index in [-0.39, 0.29) is 17.4 Å². The van der Waals surface area contributed by atoms with Crippen molar-refractivity contribution in [2.45, 2.75) is 90.7 Å². The molecule has 1 N–H and O–H groups in total. The van der Waals surface area contributed by atoms with Gasteiger partial charge in [0.1, 0.15) is 6.07 Å². The number of ketones is 1. The van der Waals surface area contributed by atoms with E-state index in [0.717, 1.165) is 43.9 Å². The van der Waals surface area contributed by atoms with E-state index in [4.69, 9.17) is 5.26 Å². The monoisotopic (exact) mass is 423 g/mol. The summed E-state index contributed by atoms with van der Waals surface area (Å²) in [6.07, 6.45) is 13.2. The van der Waals surface area contributed by atoms with Gasteiger partial charge in [-0.2, -0.15) is 10.4 Å². The lowest BCUT2D eigenvalue weighted by molar-refractivity contribution is -0.160. The largest absolute Gasteiger partial charge is 0.393 e. The Kier molecular flexibility index (Phi) is 5.28. The van der Waals surface area contributed by atoms with Crippen LogP contribution in [-0.4, -0.2) is 26.8 Å². The summed E-state index contributed by atoms with van der Waals surface area (Å²) in [5.74, 6) is 3.23. The molecule has 0 aromatic carbocycles. The number of rotatable bonds is 3. The zero-order valence-electron chi connectivity index (χ0n) is 19.1. The smallest absolute Gasteiger partial charge is 0.162 e. The third-order valence-electron chi connectivity index (χ3n) is 10.3. The van der Waals surface area contributed by atoms with Gasteiger partial charge in [0, 0.05) is 12.1 Å². The lowest BCUT2D eigenvalue weighted by atomic mass is 9.41. The second-order valence-corrected chi connectivity index (χ2v) is 11.6. The van der Waals surface area contributed by atoms with E-state index in [2.05, 4.69) is 25.0 Å². The van der Waals surface area contributed by atoms with E-state index in [9.17, 15) is 9.90 Å². The Labute approximate surface area is 186 Å². The molecular weight excluding hydrogens is 386 g/mol. The summed E-state index contributed by atoms with van der Waals surface area (Å²) in [5.41, 5.74) is 0.853. The molecule has 0 saturated heterocycles. The van der Waals surface area contributed by atoms with Crippen molar-refractivity contribution < 1.29 is 9.90 Å². The lowest BCUT2D eigenvalue weighted by Crippen LogP contribution is -2.57. The van der Waals surface area contributed by atoms with Crippen LogP contribution in [0.5, 0.6) is 0 Å². The molecule has 4 aliphatic carbocycles. The summed E-state index contributed by atoms with van der Waals surface area (Å²) >= 11 is 0. The van der Waals surface area contributed by atoms with Crippen LogP contribution in [0.4, 0.5) is 0 Å². The van der Waals surface area contributed by atoms with E-state index in [1.165, 1.54) is 32.1 Å². The summed E-state index contributed by atoms with van der Waals surface area (Å²) in [4.78, 5) is 13.4. The van der Waals surface area contributed by atoms with Gasteiger partial charge in [-0.15, -0.1) is 0 Å². The van der Waals surface area contributed by atoms with E-state index in [0.29, 0.717) is 35.3 Å². The molecule has 4 fully saturated rings. The molecule has 0 amide bonds. The molecule has 5 rings (SSSR count). The van der Waals surface area contributed by atoms with Crippen LogP contribution < -0.4 is 0 Å². The van der Waals surface area contributed by atoms with Crippen molar-refractivity contribution in [3.8, 4) is 6.07 Å². The highest BCUT2D eigenvalue weighted by molar-refractivity contribution is 5.81. The van der Waals surface area contributed by atoms with Crippen LogP contribution in [0.1, 0.15) is 83.7 Å². The first kappa shape index (κ1) is 21.2. The molecule has 1 aromatic rings. The number of carbonyl (C=O) groups is 1. The lowest BCUT2D eigenvalue weighted by Gasteiger charge is -2.63.